The number of hydrogen-bond donors (Lipinski definition) is 2. The van der Waals surface area contributed by atoms with Gasteiger partial charge in [-0.15, -0.1) is 0 Å². The molecule has 158 valence electrons. The minimum absolute atomic E-state index is 0.0404. The molecule has 0 amide bonds. The number of aryl methyl sites for hydroxylation is 1. The second-order valence-corrected chi connectivity index (χ2v) is 7.51. The van der Waals surface area contributed by atoms with Crippen molar-refractivity contribution < 1.29 is 14.3 Å². The average Bonchev–Trinajstić information content (AvgIpc) is 3.24. The van der Waals surface area contributed by atoms with Crippen LogP contribution < -0.4 is 11.2 Å². The normalized spacial score (nSPS) is 11.2. The molecule has 2 aromatic carbocycles. The van der Waals surface area contributed by atoms with E-state index in [1.807, 2.05) is 0 Å². The number of benzene rings is 2. The molecule has 0 atom stereocenters. The number of fused-ring (bicyclic) bond motifs is 1. The van der Waals surface area contributed by atoms with Gasteiger partial charge in [-0.05, 0) is 31.2 Å². The fraction of sp³-hybridized carbons (Fsp3) is 0.100. The molecule has 2 N–H and O–H groups in total. The van der Waals surface area contributed by atoms with Gasteiger partial charge >= 0.3 is 11.7 Å². The Morgan fingerprint density at radius 3 is 2.58 bits per heavy atom. The number of carbonyl (C=O) groups is 1. The lowest BCUT2D eigenvalue weighted by Gasteiger charge is -2.17. The third-order valence-corrected chi connectivity index (χ3v) is 5.55. The number of carboxylic acids is 1. The number of nitrogens with zero attached hydrogens (tertiary/aromatic N) is 3. The van der Waals surface area contributed by atoms with Gasteiger partial charge < -0.3 is 10.1 Å². The first-order valence-electron chi connectivity index (χ1n) is 8.86. The molecule has 2 aromatic heterocycles. The lowest BCUT2D eigenvalue weighted by atomic mass is 10.0. The molecule has 11 heteroatoms. The van der Waals surface area contributed by atoms with Crippen molar-refractivity contribution in [3.05, 3.63) is 78.9 Å². The molecule has 0 saturated carbocycles. The molecule has 0 fully saturated rings. The monoisotopic (exact) mass is 462 g/mol. The number of carboxylic acid groups (broad SMARTS) is 1. The van der Waals surface area contributed by atoms with Crippen molar-refractivity contribution in [2.75, 3.05) is 0 Å². The average molecular weight is 463 g/mol. The fourth-order valence-corrected chi connectivity index (χ4v) is 3.69. The minimum atomic E-state index is -1.40. The Kier molecular flexibility index (Phi) is 5.16. The highest BCUT2D eigenvalue weighted by Gasteiger charge is 2.23. The quantitative estimate of drug-likeness (QED) is 0.482. The maximum atomic E-state index is 15.2. The molecular formula is C20H13Cl2FN4O4. The van der Waals surface area contributed by atoms with Crippen LogP contribution in [0.3, 0.4) is 0 Å². The largest absolute Gasteiger partial charge is 0.480 e. The fourth-order valence-electron chi connectivity index (χ4n) is 3.40. The summed E-state index contributed by atoms with van der Waals surface area (Å²) in [6, 6.07) is 5.64. The highest BCUT2D eigenvalue weighted by Crippen LogP contribution is 2.30. The first-order chi connectivity index (χ1) is 14.7. The molecule has 2 heterocycles. The van der Waals surface area contributed by atoms with E-state index in [4.69, 9.17) is 23.2 Å². The SMILES string of the molecule is Cc1c(F)c(-c2ncc[nH]2)cc2c1c(=O)n(CC(=O)O)c(=O)n2-c1ccc(Cl)c(Cl)c1. The van der Waals surface area contributed by atoms with Gasteiger partial charge in [0.05, 0.1) is 32.2 Å². The summed E-state index contributed by atoms with van der Waals surface area (Å²) in [5.41, 5.74) is -1.56. The van der Waals surface area contributed by atoms with Crippen molar-refractivity contribution in [2.24, 2.45) is 0 Å². The van der Waals surface area contributed by atoms with Crippen LogP contribution in [0.1, 0.15) is 5.56 Å². The van der Waals surface area contributed by atoms with E-state index >= 15 is 4.39 Å². The Bertz CT molecular complexity index is 1480. The van der Waals surface area contributed by atoms with Crippen LogP contribution in [-0.4, -0.2) is 30.2 Å². The number of halogens is 3. The molecular weight excluding hydrogens is 450 g/mol. The van der Waals surface area contributed by atoms with E-state index in [0.29, 0.717) is 4.57 Å². The van der Waals surface area contributed by atoms with E-state index in [9.17, 15) is 19.5 Å². The van der Waals surface area contributed by atoms with Crippen LogP contribution in [0.4, 0.5) is 4.39 Å². The second kappa shape index (κ2) is 7.68. The Labute approximate surface area is 183 Å². The van der Waals surface area contributed by atoms with E-state index in [2.05, 4.69) is 9.97 Å². The molecule has 4 rings (SSSR count). The van der Waals surface area contributed by atoms with Gasteiger partial charge in [0, 0.05) is 18.0 Å². The number of aliphatic carboxylic acids is 1. The Morgan fingerprint density at radius 1 is 1.23 bits per heavy atom. The molecule has 0 saturated heterocycles. The molecule has 0 bridgehead atoms. The van der Waals surface area contributed by atoms with Crippen molar-refractivity contribution in [2.45, 2.75) is 13.5 Å². The number of H-pyrrole nitrogens is 1. The lowest BCUT2D eigenvalue weighted by Crippen LogP contribution is -2.41. The van der Waals surface area contributed by atoms with Crippen molar-refractivity contribution in [1.29, 1.82) is 0 Å². The summed E-state index contributed by atoms with van der Waals surface area (Å²) in [5, 5.41) is 9.43. The summed E-state index contributed by atoms with van der Waals surface area (Å²) in [7, 11) is 0. The molecule has 0 spiro atoms. The summed E-state index contributed by atoms with van der Waals surface area (Å²) >= 11 is 12.1. The van der Waals surface area contributed by atoms with Crippen LogP contribution >= 0.6 is 23.2 Å². The van der Waals surface area contributed by atoms with E-state index in [1.54, 1.807) is 0 Å². The number of imidazole rings is 1. The zero-order valence-electron chi connectivity index (χ0n) is 15.8. The number of aromatic nitrogens is 4. The Hall–Kier alpha value is -3.43. The number of nitrogens with one attached hydrogen (secondary N) is 1. The van der Waals surface area contributed by atoms with Gasteiger partial charge in [0.25, 0.3) is 5.56 Å². The van der Waals surface area contributed by atoms with Crippen molar-refractivity contribution >= 4 is 40.1 Å². The minimum Gasteiger partial charge on any atom is -0.480 e. The van der Waals surface area contributed by atoms with Gasteiger partial charge in [-0.1, -0.05) is 23.2 Å². The smallest absolute Gasteiger partial charge is 0.336 e. The van der Waals surface area contributed by atoms with E-state index in [-0.39, 0.29) is 43.6 Å². The zero-order chi connectivity index (χ0) is 22.4. The number of aromatic amines is 1. The lowest BCUT2D eigenvalue weighted by molar-refractivity contribution is -0.137. The topological polar surface area (TPSA) is 110 Å². The highest BCUT2D eigenvalue weighted by molar-refractivity contribution is 6.42. The van der Waals surface area contributed by atoms with Gasteiger partial charge in [-0.3, -0.25) is 14.2 Å². The first kappa shape index (κ1) is 20.8. The molecule has 31 heavy (non-hydrogen) atoms. The van der Waals surface area contributed by atoms with Crippen LogP contribution in [0.15, 0.2) is 46.2 Å². The van der Waals surface area contributed by atoms with Crippen LogP contribution in [0.2, 0.25) is 10.0 Å². The molecule has 0 aliphatic carbocycles. The van der Waals surface area contributed by atoms with E-state index in [1.165, 1.54) is 43.6 Å². The van der Waals surface area contributed by atoms with Gasteiger partial charge in [0.15, 0.2) is 0 Å². The predicted octanol–water partition coefficient (Wildman–Crippen LogP) is 3.38. The Balaban J connectivity index is 2.22. The highest BCUT2D eigenvalue weighted by atomic mass is 35.5. The van der Waals surface area contributed by atoms with Crippen LogP contribution in [0.5, 0.6) is 0 Å². The van der Waals surface area contributed by atoms with Crippen molar-refractivity contribution in [1.82, 2.24) is 19.1 Å². The molecule has 0 aliphatic heterocycles. The Morgan fingerprint density at radius 2 is 1.97 bits per heavy atom. The van der Waals surface area contributed by atoms with E-state index in [0.717, 1.165) is 4.57 Å². The van der Waals surface area contributed by atoms with Crippen molar-refractivity contribution in [3.63, 3.8) is 0 Å². The van der Waals surface area contributed by atoms with Gasteiger partial charge in [0.1, 0.15) is 18.2 Å². The van der Waals surface area contributed by atoms with Gasteiger partial charge in [-0.25, -0.2) is 18.7 Å². The summed E-state index contributed by atoms with van der Waals surface area (Å²) in [4.78, 5) is 44.3. The second-order valence-electron chi connectivity index (χ2n) is 6.70. The summed E-state index contributed by atoms with van der Waals surface area (Å²) in [5.74, 6) is -1.92. The first-order valence-corrected chi connectivity index (χ1v) is 9.62. The predicted molar refractivity (Wildman–Crippen MR) is 114 cm³/mol. The summed E-state index contributed by atoms with van der Waals surface area (Å²) in [6.07, 6.45) is 2.94. The van der Waals surface area contributed by atoms with E-state index < -0.39 is 29.6 Å². The molecule has 4 aromatic rings. The van der Waals surface area contributed by atoms with Gasteiger partial charge in [-0.2, -0.15) is 0 Å². The maximum absolute atomic E-state index is 15.2. The van der Waals surface area contributed by atoms with Crippen LogP contribution in [0.25, 0.3) is 28.0 Å². The number of rotatable bonds is 4. The molecule has 0 aliphatic rings. The summed E-state index contributed by atoms with van der Waals surface area (Å²) < 4.78 is 16.8. The standard InChI is InChI=1S/C20H13Cl2FN4O4/c1-9-16-14(7-11(17(9)23)18-24-4-5-25-18)27(10-2-3-12(21)13(22)6-10)20(31)26(19(16)30)8-15(28)29/h2-7H,8H2,1H3,(H,24,25)(H,28,29). The van der Waals surface area contributed by atoms with Gasteiger partial charge in [0.2, 0.25) is 0 Å². The van der Waals surface area contributed by atoms with Crippen LogP contribution in [0, 0.1) is 12.7 Å². The zero-order valence-corrected chi connectivity index (χ0v) is 17.3. The van der Waals surface area contributed by atoms with Crippen LogP contribution in [-0.2, 0) is 11.3 Å². The molecule has 0 unspecified atom stereocenters. The molecule has 0 radical (unpaired) electrons. The third kappa shape index (κ3) is 3.41. The maximum Gasteiger partial charge on any atom is 0.336 e. The number of hydrogen-bond acceptors (Lipinski definition) is 4. The summed E-state index contributed by atoms with van der Waals surface area (Å²) in [6.45, 7) is 0.482. The third-order valence-electron chi connectivity index (χ3n) is 4.81. The molecule has 8 nitrogen and oxygen atoms in total. The van der Waals surface area contributed by atoms with Crippen molar-refractivity contribution in [3.8, 4) is 17.1 Å².